The van der Waals surface area contributed by atoms with Crippen LogP contribution in [0.25, 0.3) is 0 Å². The van der Waals surface area contributed by atoms with Gasteiger partial charge in [-0.2, -0.15) is 0 Å². The highest BCUT2D eigenvalue weighted by atomic mass is 35.5. The van der Waals surface area contributed by atoms with Crippen LogP contribution in [-0.2, 0) is 0 Å². The van der Waals surface area contributed by atoms with Crippen LogP contribution in [0.3, 0.4) is 0 Å². The number of hydrogen-bond acceptors (Lipinski definition) is 1. The molecular weight excluding hydrogens is 267 g/mol. The summed E-state index contributed by atoms with van der Waals surface area (Å²) in [5.74, 6) is 5.89. The van der Waals surface area contributed by atoms with E-state index in [1.807, 2.05) is 0 Å². The second-order valence-electron chi connectivity index (χ2n) is 4.53. The minimum Gasteiger partial charge on any atom is -0.279 e. The lowest BCUT2D eigenvalue weighted by Gasteiger charge is -2.15. The van der Waals surface area contributed by atoms with Crippen LogP contribution < -0.4 is 0 Å². The summed E-state index contributed by atoms with van der Waals surface area (Å²) in [5.41, 5.74) is 0.396. The third-order valence-corrected chi connectivity index (χ3v) is 4.01. The Kier molecular flexibility index (Phi) is 4.69. The molecule has 1 saturated carbocycles. The number of hydrogen-bond donors (Lipinski definition) is 0. The Morgan fingerprint density at radius 1 is 1.17 bits per heavy atom. The van der Waals surface area contributed by atoms with Gasteiger partial charge >= 0.3 is 0 Å². The molecule has 1 fully saturated rings. The van der Waals surface area contributed by atoms with Crippen LogP contribution in [0.4, 0.5) is 0 Å². The molecule has 1 aromatic carbocycles. The average Bonchev–Trinajstić information content (AvgIpc) is 2.40. The Morgan fingerprint density at radius 2 is 1.89 bits per heavy atom. The summed E-state index contributed by atoms with van der Waals surface area (Å²) in [4.78, 5) is 11.9. The van der Waals surface area contributed by atoms with Gasteiger partial charge in [-0.15, -0.1) is 0 Å². The number of carbonyl (C=O) groups is 1. The van der Waals surface area contributed by atoms with Crippen LogP contribution in [0, 0.1) is 17.8 Å². The van der Waals surface area contributed by atoms with E-state index in [2.05, 4.69) is 11.8 Å². The lowest BCUT2D eigenvalue weighted by atomic mass is 9.89. The number of carbonyl (C=O) groups excluding carboxylic acids is 1. The van der Waals surface area contributed by atoms with Crippen molar-refractivity contribution in [1.82, 2.24) is 0 Å². The summed E-state index contributed by atoms with van der Waals surface area (Å²) >= 11 is 11.9. The van der Waals surface area contributed by atoms with E-state index in [0.717, 1.165) is 12.8 Å². The van der Waals surface area contributed by atoms with Gasteiger partial charge in [0, 0.05) is 5.92 Å². The number of Topliss-reactive ketones (excluding diaryl/α,β-unsaturated/α-hetero) is 1. The van der Waals surface area contributed by atoms with Crippen LogP contribution in [0.15, 0.2) is 18.2 Å². The van der Waals surface area contributed by atoms with Crippen molar-refractivity contribution >= 4 is 29.0 Å². The first-order chi connectivity index (χ1) is 8.68. The molecule has 1 aliphatic carbocycles. The number of ketones is 1. The van der Waals surface area contributed by atoms with Crippen molar-refractivity contribution < 1.29 is 4.79 Å². The maximum atomic E-state index is 11.9. The van der Waals surface area contributed by atoms with Crippen molar-refractivity contribution in [2.45, 2.75) is 32.1 Å². The smallest absolute Gasteiger partial charge is 0.237 e. The van der Waals surface area contributed by atoms with Gasteiger partial charge in [-0.05, 0) is 30.9 Å². The molecule has 2 rings (SSSR count). The van der Waals surface area contributed by atoms with Gasteiger partial charge in [-0.3, -0.25) is 4.79 Å². The maximum Gasteiger partial charge on any atom is 0.237 e. The van der Waals surface area contributed by atoms with Crippen LogP contribution in [-0.4, -0.2) is 5.78 Å². The largest absolute Gasteiger partial charge is 0.279 e. The zero-order valence-corrected chi connectivity index (χ0v) is 11.5. The lowest BCUT2D eigenvalue weighted by Crippen LogP contribution is -2.04. The van der Waals surface area contributed by atoms with Crippen molar-refractivity contribution in [3.8, 4) is 11.8 Å². The Labute approximate surface area is 117 Å². The van der Waals surface area contributed by atoms with Gasteiger partial charge < -0.3 is 0 Å². The maximum absolute atomic E-state index is 11.9. The van der Waals surface area contributed by atoms with Crippen molar-refractivity contribution in [2.24, 2.45) is 5.92 Å². The fraction of sp³-hybridized carbons (Fsp3) is 0.400. The molecular formula is C15H14Cl2O. The first-order valence-corrected chi connectivity index (χ1v) is 6.94. The summed E-state index contributed by atoms with van der Waals surface area (Å²) in [5, 5.41) is 0.684. The highest BCUT2D eigenvalue weighted by molar-refractivity contribution is 6.44. The molecule has 18 heavy (non-hydrogen) atoms. The van der Waals surface area contributed by atoms with E-state index in [0.29, 0.717) is 21.5 Å². The molecule has 1 nitrogen and oxygen atoms in total. The Morgan fingerprint density at radius 3 is 2.61 bits per heavy atom. The zero-order valence-electron chi connectivity index (χ0n) is 10.0. The quantitative estimate of drug-likeness (QED) is 0.412. The molecule has 0 N–H and O–H groups in total. The second-order valence-corrected chi connectivity index (χ2v) is 5.32. The van der Waals surface area contributed by atoms with Gasteiger partial charge in [0.15, 0.2) is 0 Å². The van der Waals surface area contributed by atoms with Crippen molar-refractivity contribution in [2.75, 3.05) is 0 Å². The fourth-order valence-electron chi connectivity index (χ4n) is 2.16. The molecule has 0 bridgehead atoms. The number of benzene rings is 1. The molecule has 94 valence electrons. The zero-order chi connectivity index (χ0) is 13.0. The number of rotatable bonds is 1. The van der Waals surface area contributed by atoms with Crippen molar-refractivity contribution in [1.29, 1.82) is 0 Å². The third-order valence-electron chi connectivity index (χ3n) is 3.19. The van der Waals surface area contributed by atoms with E-state index in [-0.39, 0.29) is 5.78 Å². The Hall–Kier alpha value is -0.970. The molecule has 0 amide bonds. The minimum absolute atomic E-state index is 0.243. The molecule has 0 heterocycles. The van der Waals surface area contributed by atoms with Gasteiger partial charge in [0.2, 0.25) is 5.78 Å². The minimum atomic E-state index is -0.243. The Balaban J connectivity index is 2.12. The van der Waals surface area contributed by atoms with Crippen LogP contribution >= 0.6 is 23.2 Å². The molecule has 0 saturated heterocycles. The van der Waals surface area contributed by atoms with E-state index < -0.39 is 0 Å². The normalized spacial score (nSPS) is 15.9. The molecule has 0 aromatic heterocycles. The van der Waals surface area contributed by atoms with Crippen LogP contribution in [0.2, 0.25) is 10.0 Å². The Bertz CT molecular complexity index is 505. The molecule has 1 aliphatic rings. The molecule has 0 spiro atoms. The van der Waals surface area contributed by atoms with Gasteiger partial charge in [-0.1, -0.05) is 54.5 Å². The van der Waals surface area contributed by atoms with E-state index in [9.17, 15) is 4.79 Å². The molecule has 0 radical (unpaired) electrons. The second kappa shape index (κ2) is 6.27. The molecule has 0 atom stereocenters. The first kappa shape index (κ1) is 13.5. The van der Waals surface area contributed by atoms with E-state index >= 15 is 0 Å². The van der Waals surface area contributed by atoms with Crippen molar-refractivity contribution in [3.63, 3.8) is 0 Å². The standard InChI is InChI=1S/C15H14Cl2O/c16-13-8-4-7-12(15(13)17)14(18)10-9-11-5-2-1-3-6-11/h4,7-8,11H,1-3,5-6H2. The SMILES string of the molecule is O=C(C#CC1CCCCC1)c1cccc(Cl)c1Cl. The van der Waals surface area contributed by atoms with E-state index in [1.165, 1.54) is 19.3 Å². The topological polar surface area (TPSA) is 17.1 Å². The molecule has 0 aliphatic heterocycles. The summed E-state index contributed by atoms with van der Waals surface area (Å²) in [6.07, 6.45) is 5.91. The van der Waals surface area contributed by atoms with Crippen LogP contribution in [0.5, 0.6) is 0 Å². The van der Waals surface area contributed by atoms with E-state index in [1.54, 1.807) is 18.2 Å². The van der Waals surface area contributed by atoms with Gasteiger partial charge in [-0.25, -0.2) is 0 Å². The molecule has 0 unspecified atom stereocenters. The van der Waals surface area contributed by atoms with Gasteiger partial charge in [0.05, 0.1) is 15.6 Å². The fourth-order valence-corrected chi connectivity index (χ4v) is 2.55. The molecule has 1 aromatic rings. The van der Waals surface area contributed by atoms with Gasteiger partial charge in [0.25, 0.3) is 0 Å². The first-order valence-electron chi connectivity index (χ1n) is 6.18. The van der Waals surface area contributed by atoms with Crippen molar-refractivity contribution in [3.05, 3.63) is 33.8 Å². The summed E-state index contributed by atoms with van der Waals surface area (Å²) in [7, 11) is 0. The average molecular weight is 281 g/mol. The lowest BCUT2D eigenvalue weighted by molar-refractivity contribution is 0.105. The monoisotopic (exact) mass is 280 g/mol. The summed E-state index contributed by atoms with van der Waals surface area (Å²) < 4.78 is 0. The predicted octanol–water partition coefficient (Wildman–Crippen LogP) is 4.76. The summed E-state index contributed by atoms with van der Waals surface area (Å²) in [6.45, 7) is 0. The third kappa shape index (κ3) is 3.28. The van der Waals surface area contributed by atoms with Gasteiger partial charge in [0.1, 0.15) is 0 Å². The molecule has 3 heteroatoms. The van der Waals surface area contributed by atoms with E-state index in [4.69, 9.17) is 23.2 Å². The predicted molar refractivity (Wildman–Crippen MR) is 75.1 cm³/mol. The highest BCUT2D eigenvalue weighted by Gasteiger charge is 2.13. The summed E-state index contributed by atoms with van der Waals surface area (Å²) in [6, 6.07) is 5.03. The highest BCUT2D eigenvalue weighted by Crippen LogP contribution is 2.26. The number of halogens is 2. The van der Waals surface area contributed by atoms with Crippen LogP contribution in [0.1, 0.15) is 42.5 Å².